The fourth-order valence-corrected chi connectivity index (χ4v) is 4.80. The van der Waals surface area contributed by atoms with Crippen molar-refractivity contribution in [2.75, 3.05) is 38.3 Å². The Labute approximate surface area is 195 Å². The zero-order valence-corrected chi connectivity index (χ0v) is 19.2. The van der Waals surface area contributed by atoms with Crippen molar-refractivity contribution >= 4 is 5.95 Å². The number of hydrogen-bond acceptors (Lipinski definition) is 6. The van der Waals surface area contributed by atoms with E-state index in [1.54, 1.807) is 7.11 Å². The van der Waals surface area contributed by atoms with Crippen molar-refractivity contribution in [3.05, 3.63) is 71.5 Å². The number of methoxy groups -OCH3 is 1. The molecule has 0 amide bonds. The lowest BCUT2D eigenvalue weighted by Crippen LogP contribution is -2.48. The van der Waals surface area contributed by atoms with E-state index in [4.69, 9.17) is 14.2 Å². The van der Waals surface area contributed by atoms with Crippen molar-refractivity contribution in [3.8, 4) is 5.75 Å². The fourth-order valence-electron chi connectivity index (χ4n) is 4.80. The van der Waals surface area contributed by atoms with Gasteiger partial charge in [0, 0.05) is 38.2 Å². The minimum atomic E-state index is 0.0817. The van der Waals surface area contributed by atoms with Gasteiger partial charge in [0.05, 0.1) is 19.8 Å². The van der Waals surface area contributed by atoms with Crippen LogP contribution in [0.15, 0.2) is 54.6 Å². The lowest BCUT2D eigenvalue weighted by Gasteiger charge is -2.36. The van der Waals surface area contributed by atoms with Gasteiger partial charge in [0.2, 0.25) is 5.95 Å². The summed E-state index contributed by atoms with van der Waals surface area (Å²) < 4.78 is 19.8. The number of hydrogen-bond donors (Lipinski definition) is 0. The predicted octanol–water partition coefficient (Wildman–Crippen LogP) is 3.50. The molecule has 2 unspecified atom stereocenters. The molecule has 2 atom stereocenters. The Kier molecular flexibility index (Phi) is 6.88. The molecule has 0 aliphatic carbocycles. The summed E-state index contributed by atoms with van der Waals surface area (Å²) in [6.07, 6.45) is 4.04. The third-order valence-electron chi connectivity index (χ3n) is 6.57. The summed E-state index contributed by atoms with van der Waals surface area (Å²) in [5.74, 6) is 2.74. The first-order valence-electron chi connectivity index (χ1n) is 11.9. The molecule has 7 heteroatoms. The van der Waals surface area contributed by atoms with Gasteiger partial charge >= 0.3 is 0 Å². The van der Waals surface area contributed by atoms with E-state index >= 15 is 0 Å². The van der Waals surface area contributed by atoms with Crippen molar-refractivity contribution in [3.63, 3.8) is 0 Å². The maximum Gasteiger partial charge on any atom is 0.227 e. The SMILES string of the molecule is COc1ccccc1Cc1nnc(N2CCOC(C3CCCO3)C2)n1CCc1ccccc1. The average Bonchev–Trinajstić information content (AvgIpc) is 3.54. The Balaban J connectivity index is 1.41. The Hall–Kier alpha value is -2.90. The number of benzene rings is 2. The van der Waals surface area contributed by atoms with Crippen molar-refractivity contribution in [1.82, 2.24) is 14.8 Å². The molecule has 0 bridgehead atoms. The summed E-state index contributed by atoms with van der Waals surface area (Å²) in [7, 11) is 1.71. The molecule has 2 fully saturated rings. The van der Waals surface area contributed by atoms with Gasteiger partial charge in [-0.2, -0.15) is 0 Å². The van der Waals surface area contributed by atoms with E-state index in [0.717, 1.165) is 68.6 Å². The molecule has 7 nitrogen and oxygen atoms in total. The molecule has 0 N–H and O–H groups in total. The van der Waals surface area contributed by atoms with Gasteiger partial charge in [-0.15, -0.1) is 10.2 Å². The third kappa shape index (κ3) is 5.04. The van der Waals surface area contributed by atoms with Crippen LogP contribution in [-0.2, 0) is 28.9 Å². The van der Waals surface area contributed by atoms with Crippen LogP contribution in [-0.4, -0.2) is 60.4 Å². The van der Waals surface area contributed by atoms with Crippen molar-refractivity contribution in [2.45, 2.75) is 44.4 Å². The first-order chi connectivity index (χ1) is 16.3. The van der Waals surface area contributed by atoms with Crippen LogP contribution in [0.25, 0.3) is 0 Å². The second kappa shape index (κ2) is 10.4. The molecule has 2 aliphatic heterocycles. The molecule has 0 radical (unpaired) electrons. The molecule has 3 aromatic rings. The van der Waals surface area contributed by atoms with E-state index < -0.39 is 0 Å². The number of rotatable bonds is 8. The molecular weight excluding hydrogens is 416 g/mol. The van der Waals surface area contributed by atoms with Gasteiger partial charge in [0.1, 0.15) is 17.7 Å². The smallest absolute Gasteiger partial charge is 0.227 e. The zero-order chi connectivity index (χ0) is 22.5. The van der Waals surface area contributed by atoms with Crippen LogP contribution >= 0.6 is 0 Å². The number of aryl methyl sites for hydroxylation is 1. The minimum absolute atomic E-state index is 0.0817. The van der Waals surface area contributed by atoms with Crippen LogP contribution in [0.3, 0.4) is 0 Å². The molecule has 2 aromatic carbocycles. The van der Waals surface area contributed by atoms with Gasteiger partial charge in [0.15, 0.2) is 0 Å². The highest BCUT2D eigenvalue weighted by molar-refractivity contribution is 5.38. The third-order valence-corrected chi connectivity index (χ3v) is 6.57. The van der Waals surface area contributed by atoms with Gasteiger partial charge < -0.3 is 19.1 Å². The normalized spacial score (nSPS) is 20.8. The number of aromatic nitrogens is 3. The van der Waals surface area contributed by atoms with Gasteiger partial charge in [-0.05, 0) is 30.9 Å². The van der Waals surface area contributed by atoms with Crippen LogP contribution in [0.2, 0.25) is 0 Å². The lowest BCUT2D eigenvalue weighted by molar-refractivity contribution is -0.0546. The molecule has 3 heterocycles. The molecule has 2 saturated heterocycles. The Bertz CT molecular complexity index is 1030. The predicted molar refractivity (Wildman–Crippen MR) is 127 cm³/mol. The van der Waals surface area contributed by atoms with Crippen molar-refractivity contribution in [1.29, 1.82) is 0 Å². The van der Waals surface area contributed by atoms with E-state index in [2.05, 4.69) is 56.1 Å². The van der Waals surface area contributed by atoms with Crippen LogP contribution in [0.5, 0.6) is 5.75 Å². The second-order valence-electron chi connectivity index (χ2n) is 8.70. The fraction of sp³-hybridized carbons (Fsp3) is 0.462. The summed E-state index contributed by atoms with van der Waals surface area (Å²) in [5.41, 5.74) is 2.42. The molecule has 174 valence electrons. The Morgan fingerprint density at radius 1 is 0.970 bits per heavy atom. The summed E-state index contributed by atoms with van der Waals surface area (Å²) in [6, 6.07) is 18.7. The second-order valence-corrected chi connectivity index (χ2v) is 8.70. The van der Waals surface area contributed by atoms with E-state index in [0.29, 0.717) is 13.0 Å². The van der Waals surface area contributed by atoms with Gasteiger partial charge in [-0.25, -0.2) is 0 Å². The van der Waals surface area contributed by atoms with E-state index in [-0.39, 0.29) is 12.2 Å². The Morgan fingerprint density at radius 2 is 1.79 bits per heavy atom. The quantitative estimate of drug-likeness (QED) is 0.526. The summed E-state index contributed by atoms with van der Waals surface area (Å²) >= 11 is 0. The standard InChI is InChI=1S/C26H32N4O3/c1-31-22-11-6-5-10-21(22)18-25-27-28-26(30(25)14-13-20-8-3-2-4-9-20)29-15-17-33-24(19-29)23-12-7-16-32-23/h2-6,8-11,23-24H,7,12-19H2,1H3. The Morgan fingerprint density at radius 3 is 2.61 bits per heavy atom. The largest absolute Gasteiger partial charge is 0.496 e. The maximum absolute atomic E-state index is 6.07. The van der Waals surface area contributed by atoms with Crippen molar-refractivity contribution in [2.24, 2.45) is 0 Å². The van der Waals surface area contributed by atoms with E-state index in [1.165, 1.54) is 5.56 Å². The number of para-hydroxylation sites is 1. The number of morpholine rings is 1. The number of anilines is 1. The number of nitrogens with zero attached hydrogens (tertiary/aromatic N) is 4. The first kappa shape index (κ1) is 21.9. The summed E-state index contributed by atoms with van der Waals surface area (Å²) in [6.45, 7) is 3.92. The average molecular weight is 449 g/mol. The monoisotopic (exact) mass is 448 g/mol. The van der Waals surface area contributed by atoms with Crippen LogP contribution < -0.4 is 9.64 Å². The topological polar surface area (TPSA) is 61.6 Å². The van der Waals surface area contributed by atoms with Crippen LogP contribution in [0.4, 0.5) is 5.95 Å². The van der Waals surface area contributed by atoms with Gasteiger partial charge in [0.25, 0.3) is 0 Å². The van der Waals surface area contributed by atoms with E-state index in [1.807, 2.05) is 18.2 Å². The summed E-state index contributed by atoms with van der Waals surface area (Å²) in [4.78, 5) is 2.32. The molecule has 1 aromatic heterocycles. The van der Waals surface area contributed by atoms with Crippen LogP contribution in [0, 0.1) is 0 Å². The molecule has 33 heavy (non-hydrogen) atoms. The highest BCUT2D eigenvalue weighted by Gasteiger charge is 2.33. The summed E-state index contributed by atoms with van der Waals surface area (Å²) in [5, 5.41) is 9.31. The molecule has 2 aliphatic rings. The minimum Gasteiger partial charge on any atom is -0.496 e. The maximum atomic E-state index is 6.07. The van der Waals surface area contributed by atoms with Gasteiger partial charge in [-0.1, -0.05) is 48.5 Å². The highest BCUT2D eigenvalue weighted by atomic mass is 16.5. The molecule has 0 saturated carbocycles. The highest BCUT2D eigenvalue weighted by Crippen LogP contribution is 2.26. The van der Waals surface area contributed by atoms with Gasteiger partial charge in [-0.3, -0.25) is 4.57 Å². The first-order valence-corrected chi connectivity index (χ1v) is 11.9. The molecular formula is C26H32N4O3. The molecule has 5 rings (SSSR count). The van der Waals surface area contributed by atoms with E-state index in [9.17, 15) is 0 Å². The lowest BCUT2D eigenvalue weighted by atomic mass is 10.1. The zero-order valence-electron chi connectivity index (χ0n) is 19.2. The molecule has 0 spiro atoms. The van der Waals surface area contributed by atoms with Crippen molar-refractivity contribution < 1.29 is 14.2 Å². The van der Waals surface area contributed by atoms with Crippen LogP contribution in [0.1, 0.15) is 29.8 Å². The number of ether oxygens (including phenoxy) is 3.